The van der Waals surface area contributed by atoms with Crippen LogP contribution in [0.4, 0.5) is 5.69 Å². The van der Waals surface area contributed by atoms with E-state index in [0.717, 1.165) is 5.39 Å². The summed E-state index contributed by atoms with van der Waals surface area (Å²) in [5.74, 6) is 0. The molecular formula is C8H3Cl2NO2S. The molecule has 3 nitrogen and oxygen atoms in total. The van der Waals surface area contributed by atoms with Gasteiger partial charge >= 0.3 is 0 Å². The SMILES string of the molecule is O=[N+]([O-])c1cc(Cl)c2ccsc2c1Cl. The van der Waals surface area contributed by atoms with E-state index in [1.54, 1.807) is 11.4 Å². The van der Waals surface area contributed by atoms with E-state index in [1.807, 2.05) is 0 Å². The third-order valence-corrected chi connectivity index (χ3v) is 3.55. The molecule has 0 aliphatic rings. The molecule has 1 aromatic heterocycles. The fraction of sp³-hybridized carbons (Fsp3) is 0. The molecular weight excluding hydrogens is 245 g/mol. The van der Waals surface area contributed by atoms with Crippen molar-refractivity contribution in [3.8, 4) is 0 Å². The van der Waals surface area contributed by atoms with Crippen molar-refractivity contribution in [2.45, 2.75) is 0 Å². The van der Waals surface area contributed by atoms with E-state index >= 15 is 0 Å². The van der Waals surface area contributed by atoms with Gasteiger partial charge in [0.05, 0.1) is 14.6 Å². The minimum Gasteiger partial charge on any atom is -0.258 e. The van der Waals surface area contributed by atoms with E-state index in [0.29, 0.717) is 9.72 Å². The second kappa shape index (κ2) is 3.38. The zero-order chi connectivity index (χ0) is 10.3. The zero-order valence-electron chi connectivity index (χ0n) is 6.66. The fourth-order valence-corrected chi connectivity index (χ4v) is 2.71. The number of fused-ring (bicyclic) bond motifs is 1. The summed E-state index contributed by atoms with van der Waals surface area (Å²) in [5.41, 5.74) is -0.147. The van der Waals surface area contributed by atoms with E-state index in [9.17, 15) is 10.1 Å². The van der Waals surface area contributed by atoms with Gasteiger partial charge in [-0.25, -0.2) is 0 Å². The van der Waals surface area contributed by atoms with Gasteiger partial charge in [-0.3, -0.25) is 10.1 Å². The first-order valence-electron chi connectivity index (χ1n) is 3.61. The number of thiophene rings is 1. The van der Waals surface area contributed by atoms with Crippen molar-refractivity contribution in [2.24, 2.45) is 0 Å². The Bertz CT molecular complexity index is 523. The van der Waals surface area contributed by atoms with Crippen LogP contribution in [0.2, 0.25) is 10.0 Å². The minimum atomic E-state index is -0.534. The Hall–Kier alpha value is -0.840. The van der Waals surface area contributed by atoms with E-state index in [1.165, 1.54) is 17.4 Å². The van der Waals surface area contributed by atoms with E-state index in [-0.39, 0.29) is 10.7 Å². The molecule has 6 heteroatoms. The van der Waals surface area contributed by atoms with E-state index in [4.69, 9.17) is 23.2 Å². The number of halogens is 2. The summed E-state index contributed by atoms with van der Waals surface area (Å²) in [6.45, 7) is 0. The Morgan fingerprint density at radius 2 is 2.14 bits per heavy atom. The molecule has 2 aromatic rings. The lowest BCUT2D eigenvalue weighted by Gasteiger charge is -1.98. The number of nitrogens with zero attached hydrogens (tertiary/aromatic N) is 1. The van der Waals surface area contributed by atoms with Gasteiger partial charge in [-0.05, 0) is 11.4 Å². The number of nitro benzene ring substituents is 1. The maximum atomic E-state index is 10.6. The van der Waals surface area contributed by atoms with Crippen molar-refractivity contribution in [3.05, 3.63) is 37.7 Å². The highest BCUT2D eigenvalue weighted by atomic mass is 35.5. The van der Waals surface area contributed by atoms with Gasteiger partial charge < -0.3 is 0 Å². The number of hydrogen-bond acceptors (Lipinski definition) is 3. The molecule has 1 aromatic carbocycles. The Morgan fingerprint density at radius 3 is 2.79 bits per heavy atom. The van der Waals surface area contributed by atoms with E-state index < -0.39 is 4.92 Å². The lowest BCUT2D eigenvalue weighted by molar-refractivity contribution is -0.384. The van der Waals surface area contributed by atoms with Gasteiger partial charge in [-0.15, -0.1) is 11.3 Å². The van der Waals surface area contributed by atoms with Gasteiger partial charge in [0.15, 0.2) is 0 Å². The molecule has 0 aliphatic carbocycles. The van der Waals surface area contributed by atoms with Crippen LogP contribution < -0.4 is 0 Å². The molecule has 0 unspecified atom stereocenters. The third-order valence-electron chi connectivity index (χ3n) is 1.81. The molecule has 0 spiro atoms. The summed E-state index contributed by atoms with van der Waals surface area (Å²) in [6, 6.07) is 3.07. The molecule has 0 bridgehead atoms. The molecule has 0 radical (unpaired) electrons. The van der Waals surface area contributed by atoms with Gasteiger partial charge in [0, 0.05) is 11.5 Å². The predicted octanol–water partition coefficient (Wildman–Crippen LogP) is 4.12. The summed E-state index contributed by atoms with van der Waals surface area (Å²) in [6.07, 6.45) is 0. The average Bonchev–Trinajstić information content (AvgIpc) is 2.59. The lowest BCUT2D eigenvalue weighted by atomic mass is 10.2. The van der Waals surface area contributed by atoms with Crippen LogP contribution >= 0.6 is 34.5 Å². The Morgan fingerprint density at radius 1 is 1.43 bits per heavy atom. The van der Waals surface area contributed by atoms with Crippen molar-refractivity contribution in [1.82, 2.24) is 0 Å². The largest absolute Gasteiger partial charge is 0.290 e. The highest BCUT2D eigenvalue weighted by molar-refractivity contribution is 7.18. The highest BCUT2D eigenvalue weighted by Gasteiger charge is 2.18. The Balaban J connectivity index is 2.88. The van der Waals surface area contributed by atoms with Crippen LogP contribution in [0.15, 0.2) is 17.5 Å². The first kappa shape index (κ1) is 9.71. The van der Waals surface area contributed by atoms with Crippen LogP contribution in [0, 0.1) is 10.1 Å². The average molecular weight is 248 g/mol. The van der Waals surface area contributed by atoms with Crippen LogP contribution in [0.5, 0.6) is 0 Å². The monoisotopic (exact) mass is 247 g/mol. The van der Waals surface area contributed by atoms with Crippen molar-refractivity contribution >= 4 is 50.3 Å². The molecule has 1 heterocycles. The van der Waals surface area contributed by atoms with Crippen molar-refractivity contribution < 1.29 is 4.92 Å². The molecule has 0 amide bonds. The van der Waals surface area contributed by atoms with Crippen LogP contribution in [-0.4, -0.2) is 4.92 Å². The van der Waals surface area contributed by atoms with Gasteiger partial charge in [0.2, 0.25) is 0 Å². The van der Waals surface area contributed by atoms with Crippen LogP contribution in [0.1, 0.15) is 0 Å². The van der Waals surface area contributed by atoms with Crippen LogP contribution in [0.25, 0.3) is 10.1 Å². The van der Waals surface area contributed by atoms with Gasteiger partial charge in [0.25, 0.3) is 5.69 Å². The number of hydrogen-bond donors (Lipinski definition) is 0. The first-order valence-corrected chi connectivity index (χ1v) is 5.24. The van der Waals surface area contributed by atoms with Crippen molar-refractivity contribution in [1.29, 1.82) is 0 Å². The molecule has 0 aliphatic heterocycles. The molecule has 0 saturated carbocycles. The first-order chi connectivity index (χ1) is 6.61. The Labute approximate surface area is 93.0 Å². The molecule has 0 N–H and O–H groups in total. The third kappa shape index (κ3) is 1.35. The second-order valence-electron chi connectivity index (χ2n) is 2.61. The summed E-state index contributed by atoms with van der Waals surface area (Å²) in [4.78, 5) is 10.1. The molecule has 0 fully saturated rings. The van der Waals surface area contributed by atoms with Crippen molar-refractivity contribution in [3.63, 3.8) is 0 Å². The predicted molar refractivity (Wildman–Crippen MR) is 58.5 cm³/mol. The summed E-state index contributed by atoms with van der Waals surface area (Å²) in [7, 11) is 0. The van der Waals surface area contributed by atoms with E-state index in [2.05, 4.69) is 0 Å². The minimum absolute atomic E-state index is 0.147. The topological polar surface area (TPSA) is 43.1 Å². The molecule has 0 saturated heterocycles. The highest BCUT2D eigenvalue weighted by Crippen LogP contribution is 2.40. The number of nitro groups is 1. The van der Waals surface area contributed by atoms with Gasteiger partial charge in [-0.2, -0.15) is 0 Å². The second-order valence-corrected chi connectivity index (χ2v) is 4.31. The molecule has 72 valence electrons. The maximum absolute atomic E-state index is 10.6. The van der Waals surface area contributed by atoms with Gasteiger partial charge in [0.1, 0.15) is 5.02 Å². The molecule has 0 atom stereocenters. The number of rotatable bonds is 1. The zero-order valence-corrected chi connectivity index (χ0v) is 8.99. The quantitative estimate of drug-likeness (QED) is 0.562. The summed E-state index contributed by atoms with van der Waals surface area (Å²) < 4.78 is 0.658. The maximum Gasteiger partial charge on any atom is 0.290 e. The Kier molecular flexibility index (Phi) is 2.34. The normalized spacial score (nSPS) is 10.7. The molecule has 14 heavy (non-hydrogen) atoms. The van der Waals surface area contributed by atoms with Gasteiger partial charge in [-0.1, -0.05) is 23.2 Å². The summed E-state index contributed by atoms with van der Waals surface area (Å²) >= 11 is 13.1. The van der Waals surface area contributed by atoms with Crippen LogP contribution in [-0.2, 0) is 0 Å². The molecule has 2 rings (SSSR count). The van der Waals surface area contributed by atoms with Crippen molar-refractivity contribution in [2.75, 3.05) is 0 Å². The fourth-order valence-electron chi connectivity index (χ4n) is 1.18. The smallest absolute Gasteiger partial charge is 0.258 e. The lowest BCUT2D eigenvalue weighted by Crippen LogP contribution is -1.88. The van der Waals surface area contributed by atoms with Crippen LogP contribution in [0.3, 0.4) is 0 Å². The summed E-state index contributed by atoms with van der Waals surface area (Å²) in [5, 5.41) is 13.7. The standard InChI is InChI=1S/C8H3Cl2NO2S/c9-5-3-6(11(12)13)7(10)8-4(5)1-2-14-8/h1-3H. The number of benzene rings is 1.